The van der Waals surface area contributed by atoms with E-state index in [1.165, 1.54) is 0 Å². The Balaban J connectivity index is 3.05. The summed E-state index contributed by atoms with van der Waals surface area (Å²) < 4.78 is 0.241. The minimum atomic E-state index is -1.42. The number of halogens is 3. The van der Waals surface area contributed by atoms with E-state index in [-0.39, 0.29) is 0 Å². The van der Waals surface area contributed by atoms with Crippen molar-refractivity contribution in [3.8, 4) is 0 Å². The normalized spacial score (nSPS) is 12.0. The Morgan fingerprint density at radius 3 is 2.30 bits per heavy atom. The molecule has 0 bridgehead atoms. The van der Waals surface area contributed by atoms with Gasteiger partial charge in [0.05, 0.1) is 0 Å². The van der Waals surface area contributed by atoms with Gasteiger partial charge in [0.2, 0.25) is 3.79 Å². The van der Waals surface area contributed by atoms with E-state index in [0.717, 1.165) is 0 Å². The third-order valence-corrected chi connectivity index (χ3v) is 1.58. The predicted molar refractivity (Wildman–Crippen MR) is 42.4 cm³/mol. The lowest BCUT2D eigenvalue weighted by Crippen LogP contribution is -2.08. The Labute approximate surface area is 73.7 Å². The average Bonchev–Trinajstić information content (AvgIpc) is 2.11. The number of rotatable bonds is 0. The minimum Gasteiger partial charge on any atom is -0.334 e. The first-order valence-electron chi connectivity index (χ1n) is 2.56. The van der Waals surface area contributed by atoms with E-state index in [0.29, 0.717) is 5.82 Å². The molecule has 1 heterocycles. The second kappa shape index (κ2) is 2.61. The summed E-state index contributed by atoms with van der Waals surface area (Å²) in [5, 5.41) is 0. The first-order valence-corrected chi connectivity index (χ1v) is 3.69. The minimum absolute atomic E-state index is 0.428. The summed E-state index contributed by atoms with van der Waals surface area (Å²) in [6.07, 6.45) is 3.30. The summed E-state index contributed by atoms with van der Waals surface area (Å²) in [7, 11) is 1.77. The number of aromatic nitrogens is 2. The molecule has 0 unspecified atom stereocenters. The van der Waals surface area contributed by atoms with Crippen LogP contribution >= 0.6 is 34.8 Å². The summed E-state index contributed by atoms with van der Waals surface area (Å²) in [5.41, 5.74) is 0. The van der Waals surface area contributed by atoms with Crippen molar-refractivity contribution < 1.29 is 0 Å². The van der Waals surface area contributed by atoms with Gasteiger partial charge in [0.1, 0.15) is 0 Å². The van der Waals surface area contributed by atoms with Crippen molar-refractivity contribution in [2.45, 2.75) is 3.79 Å². The highest BCUT2D eigenvalue weighted by Crippen LogP contribution is 2.36. The van der Waals surface area contributed by atoms with Gasteiger partial charge in [0.25, 0.3) is 0 Å². The van der Waals surface area contributed by atoms with Gasteiger partial charge in [0, 0.05) is 19.4 Å². The molecule has 0 spiro atoms. The number of imidazole rings is 1. The van der Waals surface area contributed by atoms with Crippen LogP contribution < -0.4 is 0 Å². The molecule has 0 aliphatic carbocycles. The van der Waals surface area contributed by atoms with Gasteiger partial charge in [-0.3, -0.25) is 0 Å². The maximum absolute atomic E-state index is 5.55. The lowest BCUT2D eigenvalue weighted by Gasteiger charge is -2.09. The Hall–Kier alpha value is 0.0800. The van der Waals surface area contributed by atoms with E-state index in [1.807, 2.05) is 0 Å². The number of nitrogens with zero attached hydrogens (tertiary/aromatic N) is 2. The summed E-state index contributed by atoms with van der Waals surface area (Å²) in [6, 6.07) is 0. The van der Waals surface area contributed by atoms with E-state index in [2.05, 4.69) is 4.98 Å². The quantitative estimate of drug-likeness (QED) is 0.586. The Bertz CT molecular complexity index is 225. The Morgan fingerprint density at radius 2 is 2.10 bits per heavy atom. The molecule has 0 saturated carbocycles. The topological polar surface area (TPSA) is 17.8 Å². The van der Waals surface area contributed by atoms with Crippen LogP contribution in [0.5, 0.6) is 0 Å². The van der Waals surface area contributed by atoms with Crippen LogP contribution in [0.25, 0.3) is 0 Å². The highest BCUT2D eigenvalue weighted by molar-refractivity contribution is 6.66. The third kappa shape index (κ3) is 1.57. The zero-order chi connectivity index (χ0) is 7.78. The van der Waals surface area contributed by atoms with Gasteiger partial charge in [-0.1, -0.05) is 34.8 Å². The molecule has 0 radical (unpaired) electrons. The van der Waals surface area contributed by atoms with E-state index < -0.39 is 3.79 Å². The van der Waals surface area contributed by atoms with Gasteiger partial charge in [-0.2, -0.15) is 0 Å². The Morgan fingerprint density at radius 1 is 1.50 bits per heavy atom. The molecule has 0 aliphatic rings. The van der Waals surface area contributed by atoms with Gasteiger partial charge < -0.3 is 4.57 Å². The van der Waals surface area contributed by atoms with Gasteiger partial charge >= 0.3 is 0 Å². The average molecular weight is 199 g/mol. The molecule has 0 saturated heterocycles. The smallest absolute Gasteiger partial charge is 0.248 e. The number of hydrogen-bond donors (Lipinski definition) is 0. The summed E-state index contributed by atoms with van der Waals surface area (Å²) in [5.74, 6) is 0.428. The fourth-order valence-corrected chi connectivity index (χ4v) is 1.19. The van der Waals surface area contributed by atoms with E-state index in [9.17, 15) is 0 Å². The van der Waals surface area contributed by atoms with Crippen LogP contribution in [0.3, 0.4) is 0 Å². The molecule has 0 aliphatic heterocycles. The van der Waals surface area contributed by atoms with E-state index in [4.69, 9.17) is 34.8 Å². The standard InChI is InChI=1S/C5H5Cl3N2/c1-10-3-2-9-4(10)5(6,7)8/h2-3H,1H3. The van der Waals surface area contributed by atoms with Crippen LogP contribution in [0, 0.1) is 0 Å². The number of hydrogen-bond acceptors (Lipinski definition) is 1. The van der Waals surface area contributed by atoms with Crippen LogP contribution in [0.4, 0.5) is 0 Å². The molecule has 2 nitrogen and oxygen atoms in total. The molecular weight excluding hydrogens is 194 g/mol. The highest BCUT2D eigenvalue weighted by atomic mass is 35.6. The second-order valence-electron chi connectivity index (χ2n) is 1.86. The van der Waals surface area contributed by atoms with Crippen LogP contribution in [-0.2, 0) is 10.8 Å². The summed E-state index contributed by atoms with van der Waals surface area (Å²) in [4.78, 5) is 3.85. The van der Waals surface area contributed by atoms with Gasteiger partial charge in [0.15, 0.2) is 5.82 Å². The second-order valence-corrected chi connectivity index (χ2v) is 4.14. The molecule has 5 heteroatoms. The van der Waals surface area contributed by atoms with Crippen LogP contribution in [-0.4, -0.2) is 9.55 Å². The maximum atomic E-state index is 5.55. The molecule has 0 amide bonds. The fourth-order valence-electron chi connectivity index (χ4n) is 0.639. The molecule has 10 heavy (non-hydrogen) atoms. The number of alkyl halides is 3. The molecule has 0 aromatic carbocycles. The SMILES string of the molecule is Cn1ccnc1C(Cl)(Cl)Cl. The van der Waals surface area contributed by atoms with Crippen molar-refractivity contribution in [2.75, 3.05) is 0 Å². The maximum Gasteiger partial charge on any atom is 0.248 e. The van der Waals surface area contributed by atoms with Crippen molar-refractivity contribution in [2.24, 2.45) is 7.05 Å². The van der Waals surface area contributed by atoms with Crippen molar-refractivity contribution in [3.63, 3.8) is 0 Å². The fraction of sp³-hybridized carbons (Fsp3) is 0.400. The van der Waals surface area contributed by atoms with E-state index in [1.54, 1.807) is 24.0 Å². The highest BCUT2D eigenvalue weighted by Gasteiger charge is 2.26. The zero-order valence-corrected chi connectivity index (χ0v) is 7.45. The first-order chi connectivity index (χ1) is 4.52. The Kier molecular flexibility index (Phi) is 2.13. The van der Waals surface area contributed by atoms with Gasteiger partial charge in [-0.15, -0.1) is 0 Å². The molecule has 0 atom stereocenters. The van der Waals surface area contributed by atoms with Crippen LogP contribution in [0.1, 0.15) is 5.82 Å². The van der Waals surface area contributed by atoms with Crippen LogP contribution in [0.15, 0.2) is 12.4 Å². The lowest BCUT2D eigenvalue weighted by atomic mass is 10.7. The first kappa shape index (κ1) is 8.18. The zero-order valence-electron chi connectivity index (χ0n) is 5.18. The van der Waals surface area contributed by atoms with Crippen molar-refractivity contribution >= 4 is 34.8 Å². The summed E-state index contributed by atoms with van der Waals surface area (Å²) in [6.45, 7) is 0. The van der Waals surface area contributed by atoms with Gasteiger partial charge in [-0.05, 0) is 0 Å². The van der Waals surface area contributed by atoms with Crippen molar-refractivity contribution in [1.82, 2.24) is 9.55 Å². The molecule has 1 rings (SSSR count). The largest absolute Gasteiger partial charge is 0.334 e. The molecule has 0 N–H and O–H groups in total. The molecule has 1 aromatic rings. The predicted octanol–water partition coefficient (Wildman–Crippen LogP) is 2.25. The van der Waals surface area contributed by atoms with Crippen molar-refractivity contribution in [3.05, 3.63) is 18.2 Å². The van der Waals surface area contributed by atoms with Gasteiger partial charge in [-0.25, -0.2) is 4.98 Å². The monoisotopic (exact) mass is 198 g/mol. The van der Waals surface area contributed by atoms with Crippen molar-refractivity contribution in [1.29, 1.82) is 0 Å². The van der Waals surface area contributed by atoms with Crippen LogP contribution in [0.2, 0.25) is 0 Å². The molecule has 0 fully saturated rings. The summed E-state index contributed by atoms with van der Waals surface area (Å²) >= 11 is 16.7. The molecule has 56 valence electrons. The number of aryl methyl sites for hydroxylation is 1. The third-order valence-electron chi connectivity index (χ3n) is 1.07. The lowest BCUT2D eigenvalue weighted by molar-refractivity contribution is 0.818. The molecular formula is C5H5Cl3N2. The molecule has 1 aromatic heterocycles. The van der Waals surface area contributed by atoms with E-state index >= 15 is 0 Å².